The van der Waals surface area contributed by atoms with E-state index in [0.29, 0.717) is 13.2 Å². The van der Waals surface area contributed by atoms with Crippen LogP contribution in [0.2, 0.25) is 76.6 Å². The Hall–Kier alpha value is 0.548. The van der Waals surface area contributed by atoms with Crippen LogP contribution in [0.15, 0.2) is 0 Å². The van der Waals surface area contributed by atoms with Gasteiger partial charge in [-0.15, -0.1) is 0 Å². The van der Waals surface area contributed by atoms with E-state index in [0.717, 1.165) is 65.4 Å². The standard InChI is InChI=1S/C34H76N2O6Si4/c1-11-39-43(3,4)25-15-19-35-21-17-27-45(7,8)41-33(29-35)31-37-23-13-14-24-38-32-34-30-36(22-18-28-46(9,10)42-34)20-16-26-44(5,6)40-12-2/h33-34H,11-32H2,1-10H3. The largest absolute Gasteiger partial charge is 0.418 e. The van der Waals surface area contributed by atoms with Gasteiger partial charge in [0, 0.05) is 39.5 Å². The molecule has 0 radical (unpaired) electrons. The third-order valence-electron chi connectivity index (χ3n) is 9.41. The fraction of sp³-hybridized carbons (Fsp3) is 1.00. The predicted octanol–water partition coefficient (Wildman–Crippen LogP) is 7.66. The van der Waals surface area contributed by atoms with Crippen LogP contribution in [-0.2, 0) is 27.2 Å². The number of hydrogen-bond acceptors (Lipinski definition) is 8. The van der Waals surface area contributed by atoms with Gasteiger partial charge in [-0.3, -0.25) is 0 Å². The van der Waals surface area contributed by atoms with Crippen LogP contribution < -0.4 is 0 Å². The smallest absolute Gasteiger partial charge is 0.187 e. The van der Waals surface area contributed by atoms with Crippen molar-refractivity contribution in [1.29, 1.82) is 0 Å². The van der Waals surface area contributed by atoms with E-state index in [9.17, 15) is 0 Å². The van der Waals surface area contributed by atoms with Gasteiger partial charge in [0.15, 0.2) is 33.3 Å². The van der Waals surface area contributed by atoms with Crippen LogP contribution in [0, 0.1) is 0 Å². The van der Waals surface area contributed by atoms with E-state index in [1.807, 2.05) is 0 Å². The maximum absolute atomic E-state index is 6.72. The second-order valence-corrected chi connectivity index (χ2v) is 33.4. The van der Waals surface area contributed by atoms with Crippen molar-refractivity contribution >= 4 is 33.3 Å². The van der Waals surface area contributed by atoms with E-state index in [4.69, 9.17) is 27.2 Å². The molecule has 2 aliphatic heterocycles. The Morgan fingerprint density at radius 2 is 1.02 bits per heavy atom. The molecular formula is C34H76N2O6Si4. The second kappa shape index (κ2) is 21.7. The molecule has 2 heterocycles. The Labute approximate surface area is 289 Å². The lowest BCUT2D eigenvalue weighted by molar-refractivity contribution is 0.00895. The molecule has 0 aromatic heterocycles. The first-order valence-electron chi connectivity index (χ1n) is 18.9. The van der Waals surface area contributed by atoms with E-state index in [2.05, 4.69) is 76.0 Å². The van der Waals surface area contributed by atoms with Crippen molar-refractivity contribution in [3.8, 4) is 0 Å². The lowest BCUT2D eigenvalue weighted by Gasteiger charge is -2.37. The second-order valence-electron chi connectivity index (χ2n) is 16.3. The third kappa shape index (κ3) is 19.7. The molecule has 0 aliphatic carbocycles. The molecule has 0 bridgehead atoms. The molecule has 0 amide bonds. The normalized spacial score (nSPS) is 23.9. The van der Waals surface area contributed by atoms with Crippen molar-refractivity contribution in [1.82, 2.24) is 9.80 Å². The van der Waals surface area contributed by atoms with Gasteiger partial charge < -0.3 is 37.0 Å². The zero-order chi connectivity index (χ0) is 34.1. The molecule has 8 nitrogen and oxygen atoms in total. The summed E-state index contributed by atoms with van der Waals surface area (Å²) in [4.78, 5) is 5.24. The highest BCUT2D eigenvalue weighted by molar-refractivity contribution is 6.72. The molecule has 2 aliphatic rings. The number of ether oxygens (including phenoxy) is 2. The number of nitrogens with zero attached hydrogens (tertiary/aromatic N) is 2. The maximum atomic E-state index is 6.72. The molecule has 0 spiro atoms. The van der Waals surface area contributed by atoms with Gasteiger partial charge in [0.2, 0.25) is 0 Å². The van der Waals surface area contributed by atoms with Crippen LogP contribution >= 0.6 is 0 Å². The van der Waals surface area contributed by atoms with Crippen molar-refractivity contribution in [2.24, 2.45) is 0 Å². The Balaban J connectivity index is 1.69. The summed E-state index contributed by atoms with van der Waals surface area (Å²) >= 11 is 0. The number of unbranched alkanes of at least 4 members (excludes halogenated alkanes) is 1. The minimum absolute atomic E-state index is 0.176. The predicted molar refractivity (Wildman–Crippen MR) is 204 cm³/mol. The van der Waals surface area contributed by atoms with E-state index in [-0.39, 0.29) is 12.2 Å². The highest BCUT2D eigenvalue weighted by atomic mass is 28.4. The molecule has 0 aromatic rings. The van der Waals surface area contributed by atoms with Gasteiger partial charge in [0.1, 0.15) is 0 Å². The average molecular weight is 721 g/mol. The highest BCUT2D eigenvalue weighted by Crippen LogP contribution is 2.23. The molecule has 2 atom stereocenters. The monoisotopic (exact) mass is 720 g/mol. The van der Waals surface area contributed by atoms with Gasteiger partial charge in [-0.05, 0) is 155 Å². The summed E-state index contributed by atoms with van der Waals surface area (Å²) in [7, 11) is -6.32. The van der Waals surface area contributed by atoms with Gasteiger partial charge in [-0.1, -0.05) is 0 Å². The summed E-state index contributed by atoms with van der Waals surface area (Å²) in [5.41, 5.74) is 0. The van der Waals surface area contributed by atoms with Crippen molar-refractivity contribution in [2.75, 3.05) is 78.9 Å². The fourth-order valence-corrected chi connectivity index (χ4v) is 15.3. The molecule has 0 saturated carbocycles. The highest BCUT2D eigenvalue weighted by Gasteiger charge is 2.32. The van der Waals surface area contributed by atoms with E-state index in [1.165, 1.54) is 62.9 Å². The molecule has 274 valence electrons. The van der Waals surface area contributed by atoms with Crippen LogP contribution in [-0.4, -0.2) is 134 Å². The Morgan fingerprint density at radius 1 is 0.630 bits per heavy atom. The minimum Gasteiger partial charge on any atom is -0.418 e. The summed E-state index contributed by atoms with van der Waals surface area (Å²) in [6.07, 6.45) is 7.31. The van der Waals surface area contributed by atoms with Crippen LogP contribution in [0.1, 0.15) is 52.4 Å². The first kappa shape index (κ1) is 42.7. The number of rotatable bonds is 21. The van der Waals surface area contributed by atoms with Crippen LogP contribution in [0.5, 0.6) is 0 Å². The molecule has 2 rings (SSSR count). The Morgan fingerprint density at radius 3 is 1.39 bits per heavy atom. The molecule has 2 fully saturated rings. The first-order chi connectivity index (χ1) is 21.6. The number of hydrogen-bond donors (Lipinski definition) is 0. The third-order valence-corrected chi connectivity index (χ3v) is 19.7. The topological polar surface area (TPSA) is 61.9 Å². The molecule has 0 aromatic carbocycles. The molecule has 12 heteroatoms. The van der Waals surface area contributed by atoms with E-state index >= 15 is 0 Å². The molecule has 0 N–H and O–H groups in total. The van der Waals surface area contributed by atoms with E-state index in [1.54, 1.807) is 0 Å². The average Bonchev–Trinajstić information content (AvgIpc) is 2.91. The minimum atomic E-state index is -1.64. The zero-order valence-corrected chi connectivity index (χ0v) is 36.1. The molecule has 2 saturated heterocycles. The molecular weight excluding hydrogens is 645 g/mol. The summed E-state index contributed by atoms with van der Waals surface area (Å²) in [6, 6.07) is 4.90. The summed E-state index contributed by atoms with van der Waals surface area (Å²) in [5, 5.41) is 0. The Bertz CT molecular complexity index is 744. The lowest BCUT2D eigenvalue weighted by atomic mass is 10.3. The van der Waals surface area contributed by atoms with Crippen molar-refractivity contribution < 1.29 is 27.2 Å². The maximum Gasteiger partial charge on any atom is 0.187 e. The van der Waals surface area contributed by atoms with Crippen LogP contribution in [0.4, 0.5) is 0 Å². The van der Waals surface area contributed by atoms with Crippen LogP contribution in [0.25, 0.3) is 0 Å². The summed E-state index contributed by atoms with van der Waals surface area (Å²) < 4.78 is 38.0. The molecule has 46 heavy (non-hydrogen) atoms. The van der Waals surface area contributed by atoms with Gasteiger partial charge in [0.05, 0.1) is 25.4 Å². The molecule has 2 unspecified atom stereocenters. The van der Waals surface area contributed by atoms with Crippen molar-refractivity contribution in [3.63, 3.8) is 0 Å². The quantitative estimate of drug-likeness (QED) is 0.0886. The van der Waals surface area contributed by atoms with Gasteiger partial charge in [0.25, 0.3) is 0 Å². The zero-order valence-electron chi connectivity index (χ0n) is 32.1. The summed E-state index contributed by atoms with van der Waals surface area (Å²) in [6.45, 7) is 34.3. The van der Waals surface area contributed by atoms with Crippen molar-refractivity contribution in [3.05, 3.63) is 0 Å². The lowest BCUT2D eigenvalue weighted by Crippen LogP contribution is -2.47. The van der Waals surface area contributed by atoms with Gasteiger partial charge >= 0.3 is 0 Å². The SMILES string of the molecule is CCO[Si](C)(C)CCCN1CCC[Si](C)(C)OC(COCCCCOCC2CN(CCC[Si](C)(C)OCC)CCC[Si](C)(C)O2)C1. The van der Waals surface area contributed by atoms with Crippen molar-refractivity contribution in [2.45, 2.75) is 141 Å². The van der Waals surface area contributed by atoms with Gasteiger partial charge in [-0.25, -0.2) is 0 Å². The first-order valence-corrected chi connectivity index (χ1v) is 31.3. The van der Waals surface area contributed by atoms with E-state index < -0.39 is 33.3 Å². The Kier molecular flexibility index (Phi) is 20.1. The van der Waals surface area contributed by atoms with Crippen LogP contribution in [0.3, 0.4) is 0 Å². The van der Waals surface area contributed by atoms with Gasteiger partial charge in [-0.2, -0.15) is 0 Å². The fourth-order valence-electron chi connectivity index (χ4n) is 7.11. The summed E-state index contributed by atoms with van der Waals surface area (Å²) in [5.74, 6) is 0.